The molecule has 0 amide bonds. The third kappa shape index (κ3) is 1.10. The van der Waals surface area contributed by atoms with Gasteiger partial charge >= 0.3 is 23.7 Å². The van der Waals surface area contributed by atoms with Crippen LogP contribution in [-0.4, -0.2) is 35.0 Å². The van der Waals surface area contributed by atoms with E-state index in [0.717, 1.165) is 0 Å². The van der Waals surface area contributed by atoms with E-state index in [2.05, 4.69) is 0 Å². The van der Waals surface area contributed by atoms with Gasteiger partial charge in [-0.25, -0.2) is 8.78 Å². The summed E-state index contributed by atoms with van der Waals surface area (Å²) in [5, 5.41) is 0. The third-order valence-corrected chi connectivity index (χ3v) is 3.24. The van der Waals surface area contributed by atoms with Gasteiger partial charge in [0, 0.05) is 0 Å². The van der Waals surface area contributed by atoms with E-state index in [1.165, 1.54) is 0 Å². The second-order valence-corrected chi connectivity index (χ2v) is 4.30. The summed E-state index contributed by atoms with van der Waals surface area (Å²) < 4.78 is 129. The van der Waals surface area contributed by atoms with Gasteiger partial charge in [0.25, 0.3) is 0 Å². The maximum absolute atomic E-state index is 13.3. The topological polar surface area (TPSA) is 0 Å². The van der Waals surface area contributed by atoms with Crippen LogP contribution in [0.25, 0.3) is 0 Å². The second kappa shape index (κ2) is 3.06. The van der Waals surface area contributed by atoms with Gasteiger partial charge in [0.1, 0.15) is 0 Å². The average molecular weight is 292 g/mol. The molecular formula is C8H6F10. The van der Waals surface area contributed by atoms with Gasteiger partial charge in [0.15, 0.2) is 0 Å². The minimum Gasteiger partial charge on any atom is -0.233 e. The minimum atomic E-state index is -6.74. The lowest BCUT2D eigenvalue weighted by Gasteiger charge is -2.53. The molecule has 18 heavy (non-hydrogen) atoms. The first-order valence-corrected chi connectivity index (χ1v) is 4.39. The molecule has 108 valence electrons. The molecule has 0 aromatic heterocycles. The Morgan fingerprint density at radius 1 is 0.389 bits per heavy atom. The normalized spacial score (nSPS) is 44.7. The molecule has 0 aromatic carbocycles. The van der Waals surface area contributed by atoms with Crippen molar-refractivity contribution in [2.75, 3.05) is 0 Å². The van der Waals surface area contributed by atoms with E-state index in [0.29, 0.717) is 0 Å². The van der Waals surface area contributed by atoms with Crippen LogP contribution in [0.5, 0.6) is 0 Å². The maximum Gasteiger partial charge on any atom is 0.381 e. The summed E-state index contributed by atoms with van der Waals surface area (Å²) in [6.45, 7) is -1.21. The Morgan fingerprint density at radius 3 is 0.722 bits per heavy atom. The van der Waals surface area contributed by atoms with E-state index in [1.807, 2.05) is 0 Å². The van der Waals surface area contributed by atoms with Crippen LogP contribution in [-0.2, 0) is 0 Å². The summed E-state index contributed by atoms with van der Waals surface area (Å²) in [4.78, 5) is 0. The van der Waals surface area contributed by atoms with Gasteiger partial charge in [-0.1, -0.05) is 0 Å². The lowest BCUT2D eigenvalue weighted by molar-refractivity contribution is -0.458. The van der Waals surface area contributed by atoms with E-state index in [9.17, 15) is 43.9 Å². The van der Waals surface area contributed by atoms with E-state index in [1.54, 1.807) is 0 Å². The number of rotatable bonds is 0. The zero-order valence-corrected chi connectivity index (χ0v) is 8.78. The predicted octanol–water partition coefficient (Wildman–Crippen LogP) is 4.00. The Bertz CT molecular complexity index is 249. The quantitative estimate of drug-likeness (QED) is 0.592. The van der Waals surface area contributed by atoms with Crippen LogP contribution in [0.15, 0.2) is 0 Å². The van der Waals surface area contributed by atoms with Crippen LogP contribution in [0.4, 0.5) is 43.9 Å². The predicted molar refractivity (Wildman–Crippen MR) is 38.8 cm³/mol. The van der Waals surface area contributed by atoms with Crippen molar-refractivity contribution in [1.29, 1.82) is 0 Å². The first-order chi connectivity index (χ1) is 7.50. The largest absolute Gasteiger partial charge is 0.381 e. The molecule has 0 bridgehead atoms. The summed E-state index contributed by atoms with van der Waals surface area (Å²) in [5.41, 5.74) is -10.4. The summed E-state index contributed by atoms with van der Waals surface area (Å²) in [7, 11) is 0. The van der Waals surface area contributed by atoms with Crippen molar-refractivity contribution < 1.29 is 43.9 Å². The van der Waals surface area contributed by atoms with Crippen molar-refractivity contribution in [3.05, 3.63) is 0 Å². The summed E-state index contributed by atoms with van der Waals surface area (Å²) in [5.74, 6) is -26.1. The minimum absolute atomic E-state index is 0.607. The van der Waals surface area contributed by atoms with E-state index >= 15 is 0 Å². The molecule has 0 heterocycles. The molecule has 0 spiro atoms. The van der Waals surface area contributed by atoms with Gasteiger partial charge in [-0.05, 0) is 13.8 Å². The smallest absolute Gasteiger partial charge is 0.233 e. The molecule has 0 unspecified atom stereocenters. The first kappa shape index (κ1) is 15.4. The summed E-state index contributed by atoms with van der Waals surface area (Å²) >= 11 is 0. The van der Waals surface area contributed by atoms with E-state index in [4.69, 9.17) is 0 Å². The zero-order valence-electron chi connectivity index (χ0n) is 8.78. The van der Waals surface area contributed by atoms with Crippen LogP contribution in [0.3, 0.4) is 0 Å². The van der Waals surface area contributed by atoms with Gasteiger partial charge in [-0.2, -0.15) is 35.1 Å². The van der Waals surface area contributed by atoms with Gasteiger partial charge in [-0.3, -0.25) is 0 Å². The Hall–Kier alpha value is -0.700. The third-order valence-electron chi connectivity index (χ3n) is 3.24. The highest BCUT2D eigenvalue weighted by molar-refractivity contribution is 5.27. The molecule has 1 aliphatic carbocycles. The molecule has 0 nitrogen and oxygen atoms in total. The van der Waals surface area contributed by atoms with Crippen molar-refractivity contribution in [2.45, 2.75) is 48.9 Å². The number of halogens is 10. The van der Waals surface area contributed by atoms with Crippen molar-refractivity contribution >= 4 is 0 Å². The number of alkyl halides is 10. The molecule has 1 rings (SSSR count). The number of hydrogen-bond donors (Lipinski definition) is 0. The van der Waals surface area contributed by atoms with Gasteiger partial charge in [-0.15, -0.1) is 0 Å². The molecule has 0 N–H and O–H groups in total. The highest BCUT2D eigenvalue weighted by Crippen LogP contribution is 2.68. The Kier molecular flexibility index (Phi) is 2.61. The highest BCUT2D eigenvalue weighted by Gasteiger charge is 2.97. The SMILES string of the molecule is C[C@]1(F)C(F)(F)C(F)(F)C(F)(F)C(F)(F)[C@]1(C)F. The van der Waals surface area contributed by atoms with Gasteiger partial charge < -0.3 is 0 Å². The molecule has 0 aromatic rings. The molecule has 2 atom stereocenters. The van der Waals surface area contributed by atoms with Crippen molar-refractivity contribution in [3.8, 4) is 0 Å². The first-order valence-electron chi connectivity index (χ1n) is 4.39. The molecule has 0 radical (unpaired) electrons. The zero-order chi connectivity index (χ0) is 15.0. The fourth-order valence-corrected chi connectivity index (χ4v) is 1.57. The molecule has 1 saturated carbocycles. The van der Waals surface area contributed by atoms with Crippen molar-refractivity contribution in [3.63, 3.8) is 0 Å². The highest BCUT2D eigenvalue weighted by atomic mass is 19.4. The Labute approximate surface area is 93.9 Å². The van der Waals surface area contributed by atoms with Gasteiger partial charge in [0.05, 0.1) is 0 Å². The molecule has 1 aliphatic rings. The van der Waals surface area contributed by atoms with Crippen LogP contribution in [0.2, 0.25) is 0 Å². The maximum atomic E-state index is 13.3. The van der Waals surface area contributed by atoms with Gasteiger partial charge in [0.2, 0.25) is 11.3 Å². The molecular weight excluding hydrogens is 286 g/mol. The monoisotopic (exact) mass is 292 g/mol. The fourth-order valence-electron chi connectivity index (χ4n) is 1.57. The Balaban J connectivity index is 3.72. The molecule has 10 heteroatoms. The van der Waals surface area contributed by atoms with Crippen molar-refractivity contribution in [2.24, 2.45) is 0 Å². The Morgan fingerprint density at radius 2 is 0.556 bits per heavy atom. The molecule has 1 fully saturated rings. The van der Waals surface area contributed by atoms with Crippen molar-refractivity contribution in [1.82, 2.24) is 0 Å². The van der Waals surface area contributed by atoms with Crippen LogP contribution in [0.1, 0.15) is 13.8 Å². The van der Waals surface area contributed by atoms with Crippen LogP contribution < -0.4 is 0 Å². The summed E-state index contributed by atoms with van der Waals surface area (Å²) in [6, 6.07) is 0. The number of hydrogen-bond acceptors (Lipinski definition) is 0. The standard InChI is InChI=1S/C8H6F10/c1-3(9)4(2,10)6(13,14)8(17,18)7(15,16)5(3,11)12/h1-2H3/t3-,4-/m1/s1. The molecule has 0 aliphatic heterocycles. The lowest BCUT2D eigenvalue weighted by Crippen LogP contribution is -2.83. The average Bonchev–Trinajstić information content (AvgIpc) is 2.14. The second-order valence-electron chi connectivity index (χ2n) is 4.30. The summed E-state index contributed by atoms with van der Waals surface area (Å²) in [6.07, 6.45) is 0. The fraction of sp³-hybridized carbons (Fsp3) is 1.00. The lowest BCUT2D eigenvalue weighted by atomic mass is 9.67. The van der Waals surface area contributed by atoms with E-state index in [-0.39, 0.29) is 0 Å². The molecule has 0 saturated heterocycles. The van der Waals surface area contributed by atoms with Crippen LogP contribution >= 0.6 is 0 Å². The van der Waals surface area contributed by atoms with Crippen LogP contribution in [0, 0.1) is 0 Å². The van der Waals surface area contributed by atoms with E-state index < -0.39 is 48.9 Å².